The van der Waals surface area contributed by atoms with Crippen molar-refractivity contribution in [3.05, 3.63) is 64.7 Å². The van der Waals surface area contributed by atoms with E-state index in [-0.39, 0.29) is 5.91 Å². The van der Waals surface area contributed by atoms with E-state index >= 15 is 0 Å². The first kappa shape index (κ1) is 18.5. The van der Waals surface area contributed by atoms with Crippen LogP contribution in [0.1, 0.15) is 28.7 Å². The van der Waals surface area contributed by atoms with Gasteiger partial charge in [-0.3, -0.25) is 4.79 Å². The van der Waals surface area contributed by atoms with Crippen LogP contribution in [0.3, 0.4) is 0 Å². The lowest BCUT2D eigenvalue weighted by Gasteiger charge is -2.10. The number of para-hydroxylation sites is 1. The van der Waals surface area contributed by atoms with Crippen molar-refractivity contribution in [3.63, 3.8) is 0 Å². The molecule has 3 aromatic rings. The van der Waals surface area contributed by atoms with Crippen molar-refractivity contribution in [2.45, 2.75) is 39.1 Å². The summed E-state index contributed by atoms with van der Waals surface area (Å²) in [4.78, 5) is 17.0. The van der Waals surface area contributed by atoms with Crippen molar-refractivity contribution < 1.29 is 4.79 Å². The highest BCUT2D eigenvalue weighted by atomic mass is 32.2. The Morgan fingerprint density at radius 1 is 1.00 bits per heavy atom. The Balaban J connectivity index is 1.62. The molecule has 0 atom stereocenters. The number of benzene rings is 2. The zero-order valence-electron chi connectivity index (χ0n) is 15.7. The number of aromatic nitrogens is 1. The smallest absolute Gasteiger partial charge is 0.225 e. The number of hydrogen-bond acceptors (Lipinski definition) is 3. The van der Waals surface area contributed by atoms with Crippen LogP contribution in [-0.4, -0.2) is 16.6 Å². The molecule has 1 heterocycles. The van der Waals surface area contributed by atoms with E-state index in [1.807, 2.05) is 19.1 Å². The Labute approximate surface area is 159 Å². The number of carbonyl (C=O) groups excluding carboxylic acids is 1. The number of nitrogens with one attached hydrogen (secondary N) is 1. The van der Waals surface area contributed by atoms with Crippen molar-refractivity contribution in [1.82, 2.24) is 4.98 Å². The molecular formula is C22H24N2OS. The van der Waals surface area contributed by atoms with Crippen LogP contribution in [0.5, 0.6) is 0 Å². The summed E-state index contributed by atoms with van der Waals surface area (Å²) in [6.45, 7) is 8.26. The van der Waals surface area contributed by atoms with Crippen LogP contribution in [0.25, 0.3) is 10.9 Å². The van der Waals surface area contributed by atoms with Crippen LogP contribution >= 0.6 is 11.8 Å². The lowest BCUT2D eigenvalue weighted by molar-refractivity contribution is -0.115. The van der Waals surface area contributed by atoms with Crippen LogP contribution in [-0.2, 0) is 4.79 Å². The molecule has 0 unspecified atom stereocenters. The van der Waals surface area contributed by atoms with Crippen molar-refractivity contribution in [1.29, 1.82) is 0 Å². The van der Waals surface area contributed by atoms with E-state index in [4.69, 9.17) is 4.98 Å². The Bertz CT molecular complexity index is 966. The van der Waals surface area contributed by atoms with Gasteiger partial charge in [0.1, 0.15) is 0 Å². The predicted molar refractivity (Wildman–Crippen MR) is 111 cm³/mol. The predicted octanol–water partition coefficient (Wildman–Crippen LogP) is 5.59. The Kier molecular flexibility index (Phi) is 5.62. The fraction of sp³-hybridized carbons (Fsp3) is 0.273. The first-order valence-electron chi connectivity index (χ1n) is 8.81. The van der Waals surface area contributed by atoms with E-state index in [1.54, 1.807) is 11.8 Å². The van der Waals surface area contributed by atoms with Gasteiger partial charge in [0, 0.05) is 23.2 Å². The zero-order chi connectivity index (χ0) is 18.7. The van der Waals surface area contributed by atoms with Gasteiger partial charge in [0.15, 0.2) is 0 Å². The highest BCUT2D eigenvalue weighted by Crippen LogP contribution is 2.26. The quantitative estimate of drug-likeness (QED) is 0.600. The highest BCUT2D eigenvalue weighted by molar-refractivity contribution is 7.99. The maximum Gasteiger partial charge on any atom is 0.225 e. The van der Waals surface area contributed by atoms with E-state index in [0.717, 1.165) is 21.8 Å². The molecule has 0 aliphatic carbocycles. The minimum atomic E-state index is 0.0399. The first-order chi connectivity index (χ1) is 12.4. The molecule has 0 bridgehead atoms. The number of nitrogens with zero attached hydrogens (tertiary/aromatic N) is 1. The molecule has 1 aromatic heterocycles. The van der Waals surface area contributed by atoms with E-state index in [0.29, 0.717) is 12.2 Å². The second-order valence-electron chi connectivity index (χ2n) is 6.71. The Morgan fingerprint density at radius 3 is 2.58 bits per heavy atom. The molecule has 0 saturated heterocycles. The molecule has 4 heteroatoms. The molecular weight excluding hydrogens is 340 g/mol. The van der Waals surface area contributed by atoms with Crippen LogP contribution < -0.4 is 5.32 Å². The van der Waals surface area contributed by atoms with E-state index < -0.39 is 0 Å². The third-order valence-electron chi connectivity index (χ3n) is 4.46. The largest absolute Gasteiger partial charge is 0.326 e. The molecule has 0 aliphatic heterocycles. The average molecular weight is 365 g/mol. The summed E-state index contributed by atoms with van der Waals surface area (Å²) in [6.07, 6.45) is 0.463. The first-order valence-corrected chi connectivity index (χ1v) is 9.79. The van der Waals surface area contributed by atoms with Gasteiger partial charge < -0.3 is 5.32 Å². The van der Waals surface area contributed by atoms with Gasteiger partial charge in [-0.2, -0.15) is 0 Å². The van der Waals surface area contributed by atoms with Gasteiger partial charge in [0.05, 0.1) is 10.5 Å². The summed E-state index contributed by atoms with van der Waals surface area (Å²) < 4.78 is 0. The van der Waals surface area contributed by atoms with Crippen molar-refractivity contribution in [3.8, 4) is 0 Å². The number of aryl methyl sites for hydroxylation is 4. The normalized spacial score (nSPS) is 10.9. The summed E-state index contributed by atoms with van der Waals surface area (Å²) in [6, 6.07) is 14.4. The van der Waals surface area contributed by atoms with Crippen molar-refractivity contribution in [2.24, 2.45) is 0 Å². The molecule has 1 amide bonds. The molecule has 2 aromatic carbocycles. The molecule has 3 nitrogen and oxygen atoms in total. The Morgan fingerprint density at radius 2 is 1.81 bits per heavy atom. The average Bonchev–Trinajstić information content (AvgIpc) is 2.58. The van der Waals surface area contributed by atoms with Gasteiger partial charge in [-0.15, -0.1) is 11.8 Å². The van der Waals surface area contributed by atoms with Crippen LogP contribution in [0, 0.1) is 27.7 Å². The summed E-state index contributed by atoms with van der Waals surface area (Å²) >= 11 is 1.63. The van der Waals surface area contributed by atoms with Crippen LogP contribution in [0.15, 0.2) is 47.5 Å². The maximum absolute atomic E-state index is 12.2. The topological polar surface area (TPSA) is 42.0 Å². The number of rotatable bonds is 5. The summed E-state index contributed by atoms with van der Waals surface area (Å²) in [5, 5.41) is 5.17. The minimum Gasteiger partial charge on any atom is -0.326 e. The second-order valence-corrected chi connectivity index (χ2v) is 7.83. The third kappa shape index (κ3) is 4.25. The maximum atomic E-state index is 12.2. The second kappa shape index (κ2) is 7.92. The fourth-order valence-corrected chi connectivity index (χ4v) is 3.93. The molecule has 26 heavy (non-hydrogen) atoms. The highest BCUT2D eigenvalue weighted by Gasteiger charge is 2.08. The number of anilines is 1. The zero-order valence-corrected chi connectivity index (χ0v) is 16.5. The van der Waals surface area contributed by atoms with Gasteiger partial charge in [-0.25, -0.2) is 4.98 Å². The lowest BCUT2D eigenvalue weighted by atomic mass is 10.1. The summed E-state index contributed by atoms with van der Waals surface area (Å²) in [5.41, 5.74) is 6.63. The number of thioether (sulfide) groups is 1. The minimum absolute atomic E-state index is 0.0399. The summed E-state index contributed by atoms with van der Waals surface area (Å²) in [7, 11) is 0. The number of fused-ring (bicyclic) bond motifs is 1. The van der Waals surface area contributed by atoms with Gasteiger partial charge in [-0.05, 0) is 56.5 Å². The van der Waals surface area contributed by atoms with Gasteiger partial charge >= 0.3 is 0 Å². The number of carbonyl (C=O) groups is 1. The van der Waals surface area contributed by atoms with E-state index in [2.05, 4.69) is 56.4 Å². The lowest BCUT2D eigenvalue weighted by Crippen LogP contribution is -2.13. The SMILES string of the molecule is Cc1ccc(NC(=O)CCSc2cc(C)c3cccc(C)c3n2)c(C)c1. The molecule has 0 spiro atoms. The molecule has 0 saturated carbocycles. The molecule has 1 N–H and O–H groups in total. The molecule has 134 valence electrons. The Hall–Kier alpha value is -2.33. The number of amides is 1. The monoisotopic (exact) mass is 364 g/mol. The molecule has 0 fully saturated rings. The molecule has 0 radical (unpaired) electrons. The van der Waals surface area contributed by atoms with E-state index in [1.165, 1.54) is 22.1 Å². The molecule has 3 rings (SSSR count). The van der Waals surface area contributed by atoms with Crippen LogP contribution in [0.4, 0.5) is 5.69 Å². The van der Waals surface area contributed by atoms with Gasteiger partial charge in [0.25, 0.3) is 0 Å². The molecule has 0 aliphatic rings. The van der Waals surface area contributed by atoms with Crippen molar-refractivity contribution >= 4 is 34.3 Å². The number of hydrogen-bond donors (Lipinski definition) is 1. The van der Waals surface area contributed by atoms with Gasteiger partial charge in [0.2, 0.25) is 5.91 Å². The van der Waals surface area contributed by atoms with Crippen molar-refractivity contribution in [2.75, 3.05) is 11.1 Å². The summed E-state index contributed by atoms with van der Waals surface area (Å²) in [5.74, 6) is 0.749. The van der Waals surface area contributed by atoms with Crippen LogP contribution in [0.2, 0.25) is 0 Å². The standard InChI is InChI=1S/C22H24N2OS/c1-14-8-9-19(17(4)12-14)23-20(25)10-11-26-21-13-16(3)18-7-5-6-15(2)22(18)24-21/h5-9,12-13H,10-11H2,1-4H3,(H,23,25). The number of pyridine rings is 1. The fourth-order valence-electron chi connectivity index (χ4n) is 3.02. The third-order valence-corrected chi connectivity index (χ3v) is 5.37. The van der Waals surface area contributed by atoms with Gasteiger partial charge in [-0.1, -0.05) is 35.9 Å². The van der Waals surface area contributed by atoms with E-state index in [9.17, 15) is 4.79 Å².